The highest BCUT2D eigenvalue weighted by Crippen LogP contribution is 2.35. The van der Waals surface area contributed by atoms with E-state index in [2.05, 4.69) is 30.1 Å². The summed E-state index contributed by atoms with van der Waals surface area (Å²) in [5, 5.41) is 3.64. The summed E-state index contributed by atoms with van der Waals surface area (Å²) in [5.74, 6) is 1.80. The maximum atomic E-state index is 5.53. The molecule has 118 valence electrons. The molecule has 0 radical (unpaired) electrons. The summed E-state index contributed by atoms with van der Waals surface area (Å²) >= 11 is 0. The standard InChI is InChI=1S/C17H28N2O2/c1-5-9-18-14-8-10-19(13(2)11-14)16-12-15(20-3)6-7-17(16)21-4/h6-7,12-14,18H,5,8-11H2,1-4H3. The van der Waals surface area contributed by atoms with Gasteiger partial charge in [0.25, 0.3) is 0 Å². The van der Waals surface area contributed by atoms with Crippen LogP contribution >= 0.6 is 0 Å². The van der Waals surface area contributed by atoms with Crippen LogP contribution in [-0.2, 0) is 0 Å². The number of hydrogen-bond donors (Lipinski definition) is 1. The van der Waals surface area contributed by atoms with E-state index < -0.39 is 0 Å². The zero-order valence-corrected chi connectivity index (χ0v) is 13.7. The minimum absolute atomic E-state index is 0.495. The van der Waals surface area contributed by atoms with Gasteiger partial charge in [-0.05, 0) is 44.9 Å². The van der Waals surface area contributed by atoms with E-state index in [4.69, 9.17) is 9.47 Å². The second-order valence-corrected chi connectivity index (χ2v) is 5.76. The van der Waals surface area contributed by atoms with Crippen molar-refractivity contribution in [2.75, 3.05) is 32.2 Å². The average molecular weight is 292 g/mol. The largest absolute Gasteiger partial charge is 0.497 e. The Morgan fingerprint density at radius 1 is 1.29 bits per heavy atom. The number of benzene rings is 1. The van der Waals surface area contributed by atoms with Crippen molar-refractivity contribution in [3.63, 3.8) is 0 Å². The summed E-state index contributed by atoms with van der Waals surface area (Å²) in [6.45, 7) is 6.66. The fourth-order valence-corrected chi connectivity index (χ4v) is 3.09. The first-order valence-electron chi connectivity index (χ1n) is 7.91. The van der Waals surface area contributed by atoms with Crippen LogP contribution in [0.1, 0.15) is 33.1 Å². The van der Waals surface area contributed by atoms with E-state index in [0.29, 0.717) is 12.1 Å². The monoisotopic (exact) mass is 292 g/mol. The summed E-state index contributed by atoms with van der Waals surface area (Å²) in [4.78, 5) is 2.44. The van der Waals surface area contributed by atoms with Crippen molar-refractivity contribution >= 4 is 5.69 Å². The Bertz CT molecular complexity index is 450. The van der Waals surface area contributed by atoms with E-state index in [0.717, 1.165) is 30.3 Å². The lowest BCUT2D eigenvalue weighted by Crippen LogP contribution is -2.47. The molecule has 1 heterocycles. The van der Waals surface area contributed by atoms with Gasteiger partial charge in [-0.15, -0.1) is 0 Å². The second-order valence-electron chi connectivity index (χ2n) is 5.76. The summed E-state index contributed by atoms with van der Waals surface area (Å²) in [6, 6.07) is 7.14. The maximum absolute atomic E-state index is 5.53. The van der Waals surface area contributed by atoms with Crippen molar-refractivity contribution in [2.24, 2.45) is 0 Å². The predicted molar refractivity (Wildman–Crippen MR) is 87.7 cm³/mol. The third kappa shape index (κ3) is 3.82. The molecule has 2 atom stereocenters. The Kier molecular flexibility index (Phi) is 5.74. The van der Waals surface area contributed by atoms with Crippen molar-refractivity contribution in [2.45, 2.75) is 45.2 Å². The van der Waals surface area contributed by atoms with Gasteiger partial charge in [0.2, 0.25) is 0 Å². The quantitative estimate of drug-likeness (QED) is 0.874. The van der Waals surface area contributed by atoms with E-state index in [-0.39, 0.29) is 0 Å². The molecule has 4 nitrogen and oxygen atoms in total. The lowest BCUT2D eigenvalue weighted by molar-refractivity contribution is 0.360. The fraction of sp³-hybridized carbons (Fsp3) is 0.647. The predicted octanol–water partition coefficient (Wildman–Crippen LogP) is 3.06. The van der Waals surface area contributed by atoms with Gasteiger partial charge in [0.05, 0.1) is 19.9 Å². The highest BCUT2D eigenvalue weighted by Gasteiger charge is 2.27. The van der Waals surface area contributed by atoms with Crippen molar-refractivity contribution < 1.29 is 9.47 Å². The van der Waals surface area contributed by atoms with E-state index >= 15 is 0 Å². The Morgan fingerprint density at radius 2 is 2.10 bits per heavy atom. The number of rotatable bonds is 6. The van der Waals surface area contributed by atoms with Crippen molar-refractivity contribution in [3.8, 4) is 11.5 Å². The molecule has 0 aliphatic carbocycles. The highest BCUT2D eigenvalue weighted by molar-refractivity contribution is 5.62. The van der Waals surface area contributed by atoms with Crippen LogP contribution in [0, 0.1) is 0 Å². The van der Waals surface area contributed by atoms with Gasteiger partial charge in [0.15, 0.2) is 0 Å². The van der Waals surface area contributed by atoms with Gasteiger partial charge in [-0.25, -0.2) is 0 Å². The first kappa shape index (κ1) is 16.0. The Balaban J connectivity index is 2.11. The molecule has 1 aromatic carbocycles. The summed E-state index contributed by atoms with van der Waals surface area (Å²) in [7, 11) is 3.43. The zero-order valence-electron chi connectivity index (χ0n) is 13.7. The Hall–Kier alpha value is -1.42. The molecule has 2 rings (SSSR count). The Labute approximate surface area is 128 Å². The van der Waals surface area contributed by atoms with E-state index in [1.54, 1.807) is 14.2 Å². The first-order valence-corrected chi connectivity index (χ1v) is 7.91. The van der Waals surface area contributed by atoms with Gasteiger partial charge < -0.3 is 19.7 Å². The van der Waals surface area contributed by atoms with Crippen LogP contribution in [0.4, 0.5) is 5.69 Å². The molecule has 1 aliphatic rings. The van der Waals surface area contributed by atoms with E-state index in [9.17, 15) is 0 Å². The average Bonchev–Trinajstić information content (AvgIpc) is 2.52. The number of nitrogens with zero attached hydrogens (tertiary/aromatic N) is 1. The van der Waals surface area contributed by atoms with Crippen LogP contribution in [0.3, 0.4) is 0 Å². The van der Waals surface area contributed by atoms with Crippen LogP contribution in [0.15, 0.2) is 18.2 Å². The molecule has 1 aliphatic heterocycles. The number of ether oxygens (including phenoxy) is 2. The number of anilines is 1. The van der Waals surface area contributed by atoms with Gasteiger partial charge in [-0.3, -0.25) is 0 Å². The molecule has 1 saturated heterocycles. The number of nitrogens with one attached hydrogen (secondary N) is 1. The molecule has 4 heteroatoms. The SMILES string of the molecule is CCCNC1CCN(c2cc(OC)ccc2OC)C(C)C1. The van der Waals surface area contributed by atoms with Crippen LogP contribution in [0.25, 0.3) is 0 Å². The second kappa shape index (κ2) is 7.55. The molecule has 0 saturated carbocycles. The van der Waals surface area contributed by atoms with Gasteiger partial charge >= 0.3 is 0 Å². The summed E-state index contributed by atoms with van der Waals surface area (Å²) in [6.07, 6.45) is 3.53. The third-order valence-electron chi connectivity index (χ3n) is 4.25. The molecule has 1 N–H and O–H groups in total. The normalized spacial score (nSPS) is 22.2. The van der Waals surface area contributed by atoms with Crippen LogP contribution in [-0.4, -0.2) is 39.4 Å². The van der Waals surface area contributed by atoms with E-state index in [1.165, 1.54) is 19.3 Å². The van der Waals surface area contributed by atoms with Gasteiger partial charge in [-0.1, -0.05) is 6.92 Å². The summed E-state index contributed by atoms with van der Waals surface area (Å²) < 4.78 is 10.9. The molecule has 1 fully saturated rings. The van der Waals surface area contributed by atoms with Crippen LogP contribution < -0.4 is 19.7 Å². The molecular formula is C17H28N2O2. The van der Waals surface area contributed by atoms with Crippen molar-refractivity contribution in [3.05, 3.63) is 18.2 Å². The van der Waals surface area contributed by atoms with Crippen molar-refractivity contribution in [1.29, 1.82) is 0 Å². The minimum Gasteiger partial charge on any atom is -0.497 e. The smallest absolute Gasteiger partial charge is 0.142 e. The van der Waals surface area contributed by atoms with Gasteiger partial charge in [-0.2, -0.15) is 0 Å². The highest BCUT2D eigenvalue weighted by atomic mass is 16.5. The lowest BCUT2D eigenvalue weighted by Gasteiger charge is -2.40. The van der Waals surface area contributed by atoms with Crippen LogP contribution in [0.2, 0.25) is 0 Å². The number of methoxy groups -OCH3 is 2. The lowest BCUT2D eigenvalue weighted by atomic mass is 9.97. The van der Waals surface area contributed by atoms with Gasteiger partial charge in [0.1, 0.15) is 11.5 Å². The maximum Gasteiger partial charge on any atom is 0.142 e. The molecule has 2 unspecified atom stereocenters. The first-order chi connectivity index (χ1) is 10.2. The zero-order chi connectivity index (χ0) is 15.2. The third-order valence-corrected chi connectivity index (χ3v) is 4.25. The minimum atomic E-state index is 0.495. The number of piperidine rings is 1. The molecule has 0 amide bonds. The fourth-order valence-electron chi connectivity index (χ4n) is 3.09. The Morgan fingerprint density at radius 3 is 2.71 bits per heavy atom. The molecule has 0 bridgehead atoms. The number of hydrogen-bond acceptors (Lipinski definition) is 4. The topological polar surface area (TPSA) is 33.7 Å². The molecule has 0 spiro atoms. The molecule has 1 aromatic rings. The van der Waals surface area contributed by atoms with E-state index in [1.807, 2.05) is 12.1 Å². The van der Waals surface area contributed by atoms with Gasteiger partial charge in [0, 0.05) is 24.7 Å². The molecule has 21 heavy (non-hydrogen) atoms. The molecule has 0 aromatic heterocycles. The van der Waals surface area contributed by atoms with Crippen LogP contribution in [0.5, 0.6) is 11.5 Å². The summed E-state index contributed by atoms with van der Waals surface area (Å²) in [5.41, 5.74) is 1.14. The van der Waals surface area contributed by atoms with Crippen molar-refractivity contribution in [1.82, 2.24) is 5.32 Å². The molecular weight excluding hydrogens is 264 g/mol.